The topological polar surface area (TPSA) is 97.0 Å². The Morgan fingerprint density at radius 2 is 2.13 bits per heavy atom. The zero-order chi connectivity index (χ0) is 20.7. The van der Waals surface area contributed by atoms with Crippen LogP contribution in [-0.4, -0.2) is 43.6 Å². The van der Waals surface area contributed by atoms with Gasteiger partial charge in [0.15, 0.2) is 5.76 Å². The maximum Gasteiger partial charge on any atom is 0.267 e. The van der Waals surface area contributed by atoms with Crippen LogP contribution in [0.2, 0.25) is 0 Å². The molecule has 30 heavy (non-hydrogen) atoms. The Labute approximate surface area is 172 Å². The van der Waals surface area contributed by atoms with Gasteiger partial charge in [-0.3, -0.25) is 9.59 Å². The summed E-state index contributed by atoms with van der Waals surface area (Å²) in [5.74, 6) is 1.37. The largest absolute Gasteiger partial charge is 0.463 e. The number of carbonyl (C=O) groups excluding carboxylic acids is 1. The number of hydrogen-bond donors (Lipinski definition) is 1. The van der Waals surface area contributed by atoms with Crippen LogP contribution in [0, 0.1) is 6.92 Å². The summed E-state index contributed by atoms with van der Waals surface area (Å²) in [5.41, 5.74) is 2.71. The van der Waals surface area contributed by atoms with E-state index in [4.69, 9.17) is 4.42 Å². The number of fused-ring (bicyclic) bond motifs is 1. The van der Waals surface area contributed by atoms with E-state index in [2.05, 4.69) is 15.1 Å². The van der Waals surface area contributed by atoms with Gasteiger partial charge in [-0.1, -0.05) is 0 Å². The number of amides is 1. The number of furan rings is 1. The van der Waals surface area contributed by atoms with Gasteiger partial charge in [-0.15, -0.1) is 0 Å². The molecule has 0 saturated carbocycles. The smallest absolute Gasteiger partial charge is 0.267 e. The van der Waals surface area contributed by atoms with Crippen LogP contribution in [0.4, 0.5) is 0 Å². The lowest BCUT2D eigenvalue weighted by atomic mass is 10.0. The van der Waals surface area contributed by atoms with Crippen LogP contribution in [-0.2, 0) is 0 Å². The molecule has 3 aromatic heterocycles. The minimum absolute atomic E-state index is 0.0518. The highest BCUT2D eigenvalue weighted by Crippen LogP contribution is 2.24. The Hall–Kier alpha value is -3.68. The fraction of sp³-hybridized carbons (Fsp3) is 0.273. The molecule has 1 amide bonds. The molecule has 1 atom stereocenters. The molecule has 5 rings (SSSR count). The van der Waals surface area contributed by atoms with E-state index in [0.29, 0.717) is 30.1 Å². The molecule has 152 valence electrons. The average Bonchev–Trinajstić information content (AvgIpc) is 3.42. The van der Waals surface area contributed by atoms with E-state index in [1.807, 2.05) is 19.1 Å². The number of piperidine rings is 1. The van der Waals surface area contributed by atoms with Crippen molar-refractivity contribution in [3.05, 3.63) is 70.5 Å². The summed E-state index contributed by atoms with van der Waals surface area (Å²) in [6, 6.07) is 12.1. The first-order valence-electron chi connectivity index (χ1n) is 9.98. The molecule has 1 fully saturated rings. The third-order valence-corrected chi connectivity index (χ3v) is 5.48. The van der Waals surface area contributed by atoms with Crippen LogP contribution in [0.5, 0.6) is 0 Å². The first-order chi connectivity index (χ1) is 14.6. The SMILES string of the molecule is Cc1nc2ccc(C(=O)N3CCC[C@H](n4nc(-c5ccco5)ccc4=O)C3)cc2[nH]1. The van der Waals surface area contributed by atoms with Gasteiger partial charge in [-0.05, 0) is 56.2 Å². The standard InChI is InChI=1S/C22H21N5O3/c1-14-23-17-7-6-15(12-19(17)24-14)22(29)26-10-2-4-16(13-26)27-21(28)9-8-18(25-27)20-5-3-11-30-20/h3,5-9,11-12,16H,2,4,10,13H2,1H3,(H,23,24)/t16-/m0/s1. The van der Waals surface area contributed by atoms with Gasteiger partial charge < -0.3 is 14.3 Å². The number of aryl methyl sites for hydroxylation is 1. The molecule has 0 unspecified atom stereocenters. The van der Waals surface area contributed by atoms with Gasteiger partial charge in [0.1, 0.15) is 11.5 Å². The average molecular weight is 403 g/mol. The maximum absolute atomic E-state index is 13.1. The van der Waals surface area contributed by atoms with Gasteiger partial charge in [-0.25, -0.2) is 9.67 Å². The van der Waals surface area contributed by atoms with E-state index in [-0.39, 0.29) is 17.5 Å². The molecular formula is C22H21N5O3. The molecule has 1 N–H and O–H groups in total. The maximum atomic E-state index is 13.1. The lowest BCUT2D eigenvalue weighted by Crippen LogP contribution is -2.43. The molecule has 8 heteroatoms. The number of benzene rings is 1. The Morgan fingerprint density at radius 1 is 1.23 bits per heavy atom. The normalized spacial score (nSPS) is 16.8. The molecule has 0 spiro atoms. The molecule has 1 saturated heterocycles. The van der Waals surface area contributed by atoms with Crippen molar-refractivity contribution in [3.63, 3.8) is 0 Å². The predicted molar refractivity (Wildman–Crippen MR) is 111 cm³/mol. The monoisotopic (exact) mass is 403 g/mol. The van der Waals surface area contributed by atoms with Crippen molar-refractivity contribution in [1.29, 1.82) is 0 Å². The Bertz CT molecular complexity index is 1270. The zero-order valence-corrected chi connectivity index (χ0v) is 16.5. The number of aromatic nitrogens is 4. The van der Waals surface area contributed by atoms with Gasteiger partial charge in [-0.2, -0.15) is 5.10 Å². The fourth-order valence-electron chi connectivity index (χ4n) is 4.03. The number of rotatable bonds is 3. The van der Waals surface area contributed by atoms with Crippen LogP contribution in [0.1, 0.15) is 35.1 Å². The Balaban J connectivity index is 1.41. The van der Waals surface area contributed by atoms with Crippen molar-refractivity contribution in [1.82, 2.24) is 24.6 Å². The van der Waals surface area contributed by atoms with Crippen LogP contribution in [0.25, 0.3) is 22.5 Å². The van der Waals surface area contributed by atoms with Gasteiger partial charge in [0, 0.05) is 24.7 Å². The molecule has 0 bridgehead atoms. The molecular weight excluding hydrogens is 382 g/mol. The Kier molecular flexibility index (Phi) is 4.46. The molecule has 1 aliphatic heterocycles. The molecule has 8 nitrogen and oxygen atoms in total. The summed E-state index contributed by atoms with van der Waals surface area (Å²) in [6.07, 6.45) is 3.17. The van der Waals surface area contributed by atoms with Gasteiger partial charge in [0.25, 0.3) is 11.5 Å². The first kappa shape index (κ1) is 18.4. The summed E-state index contributed by atoms with van der Waals surface area (Å²) in [5, 5.41) is 4.51. The van der Waals surface area contributed by atoms with Crippen molar-refractivity contribution in [2.24, 2.45) is 0 Å². The number of H-pyrrole nitrogens is 1. The first-order valence-corrected chi connectivity index (χ1v) is 9.98. The van der Waals surface area contributed by atoms with Crippen molar-refractivity contribution in [2.45, 2.75) is 25.8 Å². The number of nitrogens with one attached hydrogen (secondary N) is 1. The van der Waals surface area contributed by atoms with E-state index >= 15 is 0 Å². The second-order valence-electron chi connectivity index (χ2n) is 7.58. The van der Waals surface area contributed by atoms with Crippen molar-refractivity contribution >= 4 is 16.9 Å². The van der Waals surface area contributed by atoms with E-state index in [0.717, 1.165) is 29.7 Å². The van der Waals surface area contributed by atoms with Gasteiger partial charge >= 0.3 is 0 Å². The zero-order valence-electron chi connectivity index (χ0n) is 16.5. The highest BCUT2D eigenvalue weighted by atomic mass is 16.3. The molecule has 4 aromatic rings. The van der Waals surface area contributed by atoms with Crippen LogP contribution in [0.15, 0.2) is 57.9 Å². The predicted octanol–water partition coefficient (Wildman–Crippen LogP) is 3.17. The highest BCUT2D eigenvalue weighted by Gasteiger charge is 2.27. The summed E-state index contributed by atoms with van der Waals surface area (Å²) in [7, 11) is 0. The van der Waals surface area contributed by atoms with E-state index in [9.17, 15) is 9.59 Å². The molecule has 4 heterocycles. The van der Waals surface area contributed by atoms with Gasteiger partial charge in [0.05, 0.1) is 23.3 Å². The van der Waals surface area contributed by atoms with Crippen molar-refractivity contribution in [2.75, 3.05) is 13.1 Å². The lowest BCUT2D eigenvalue weighted by molar-refractivity contribution is 0.0670. The van der Waals surface area contributed by atoms with Crippen molar-refractivity contribution in [3.8, 4) is 11.5 Å². The Morgan fingerprint density at radius 3 is 2.97 bits per heavy atom. The van der Waals surface area contributed by atoms with Crippen LogP contribution >= 0.6 is 0 Å². The third kappa shape index (κ3) is 3.30. The minimum Gasteiger partial charge on any atom is -0.463 e. The molecule has 0 radical (unpaired) electrons. The summed E-state index contributed by atoms with van der Waals surface area (Å²) >= 11 is 0. The summed E-state index contributed by atoms with van der Waals surface area (Å²) in [4.78, 5) is 35.0. The molecule has 1 aromatic carbocycles. The van der Waals surface area contributed by atoms with Crippen LogP contribution in [0.3, 0.4) is 0 Å². The number of carbonyl (C=O) groups is 1. The number of imidazole rings is 1. The van der Waals surface area contributed by atoms with E-state index in [1.54, 1.807) is 35.4 Å². The number of nitrogens with zero attached hydrogens (tertiary/aromatic N) is 4. The highest BCUT2D eigenvalue weighted by molar-refractivity contribution is 5.97. The number of aromatic amines is 1. The van der Waals surface area contributed by atoms with E-state index in [1.165, 1.54) is 10.7 Å². The molecule has 1 aliphatic rings. The second-order valence-corrected chi connectivity index (χ2v) is 7.58. The minimum atomic E-state index is -0.182. The van der Waals surface area contributed by atoms with Crippen LogP contribution < -0.4 is 5.56 Å². The third-order valence-electron chi connectivity index (χ3n) is 5.48. The summed E-state index contributed by atoms with van der Waals surface area (Å²) < 4.78 is 6.89. The lowest BCUT2D eigenvalue weighted by Gasteiger charge is -2.33. The summed E-state index contributed by atoms with van der Waals surface area (Å²) in [6.45, 7) is 2.98. The second kappa shape index (κ2) is 7.29. The van der Waals surface area contributed by atoms with E-state index < -0.39 is 0 Å². The number of hydrogen-bond acceptors (Lipinski definition) is 5. The molecule has 0 aliphatic carbocycles. The number of likely N-dealkylation sites (tertiary alicyclic amines) is 1. The fourth-order valence-corrected chi connectivity index (χ4v) is 4.03. The quantitative estimate of drug-likeness (QED) is 0.567. The van der Waals surface area contributed by atoms with Gasteiger partial charge in [0.2, 0.25) is 0 Å². The van der Waals surface area contributed by atoms with Crippen molar-refractivity contribution < 1.29 is 9.21 Å².